The summed E-state index contributed by atoms with van der Waals surface area (Å²) in [7, 11) is 0. The van der Waals surface area contributed by atoms with Gasteiger partial charge in [-0.25, -0.2) is 4.98 Å². The Labute approximate surface area is 110 Å². The lowest BCUT2D eigenvalue weighted by atomic mass is 9.99. The third-order valence-corrected chi connectivity index (χ3v) is 3.67. The van der Waals surface area contributed by atoms with Crippen molar-refractivity contribution in [2.45, 2.75) is 38.5 Å². The molecular weight excluding hydrogens is 280 g/mol. The molecule has 92 valence electrons. The summed E-state index contributed by atoms with van der Waals surface area (Å²) >= 11 is 3.32. The minimum atomic E-state index is 0.127. The van der Waals surface area contributed by atoms with Crippen molar-refractivity contribution in [1.82, 2.24) is 4.98 Å². The number of hydrogen-bond acceptors (Lipinski definition) is 2. The summed E-state index contributed by atoms with van der Waals surface area (Å²) in [5.74, 6) is 0.937. The Morgan fingerprint density at radius 2 is 1.94 bits per heavy atom. The Balaban J connectivity index is 1.93. The highest BCUT2D eigenvalue weighted by Gasteiger charge is 2.20. The molecule has 2 rings (SSSR count). The average Bonchev–Trinajstić information content (AvgIpc) is 2.61. The number of carbonyl (C=O) groups excluding carboxylic acids is 1. The molecule has 0 saturated heterocycles. The van der Waals surface area contributed by atoms with E-state index in [2.05, 4.69) is 26.2 Å². The van der Waals surface area contributed by atoms with Crippen LogP contribution in [-0.2, 0) is 4.79 Å². The number of halogens is 1. The van der Waals surface area contributed by atoms with Gasteiger partial charge in [-0.1, -0.05) is 25.7 Å². The molecule has 1 aliphatic rings. The van der Waals surface area contributed by atoms with Crippen molar-refractivity contribution in [1.29, 1.82) is 0 Å². The van der Waals surface area contributed by atoms with Crippen LogP contribution >= 0.6 is 15.9 Å². The molecule has 17 heavy (non-hydrogen) atoms. The van der Waals surface area contributed by atoms with Gasteiger partial charge >= 0.3 is 0 Å². The van der Waals surface area contributed by atoms with Gasteiger partial charge in [-0.05, 0) is 40.9 Å². The molecule has 0 radical (unpaired) electrons. The standard InChI is InChI=1S/C13H17BrN2O/c14-11-7-8-12(15-9-11)16-13(17)10-5-3-1-2-4-6-10/h7-10H,1-6H2,(H,15,16,17). The summed E-state index contributed by atoms with van der Waals surface area (Å²) in [6.07, 6.45) is 8.60. The second-order valence-electron chi connectivity index (χ2n) is 4.54. The Morgan fingerprint density at radius 3 is 2.53 bits per heavy atom. The lowest BCUT2D eigenvalue weighted by Crippen LogP contribution is -2.22. The van der Waals surface area contributed by atoms with Crippen molar-refractivity contribution >= 4 is 27.7 Å². The first kappa shape index (κ1) is 12.6. The number of rotatable bonds is 2. The maximum absolute atomic E-state index is 12.0. The molecule has 0 aliphatic heterocycles. The zero-order chi connectivity index (χ0) is 12.1. The van der Waals surface area contributed by atoms with Crippen LogP contribution in [0.1, 0.15) is 38.5 Å². The van der Waals surface area contributed by atoms with Gasteiger partial charge in [-0.3, -0.25) is 4.79 Å². The minimum Gasteiger partial charge on any atom is -0.310 e. The van der Waals surface area contributed by atoms with Crippen LogP contribution in [0.15, 0.2) is 22.8 Å². The molecule has 1 heterocycles. The highest BCUT2D eigenvalue weighted by Crippen LogP contribution is 2.24. The van der Waals surface area contributed by atoms with E-state index in [1.807, 2.05) is 12.1 Å². The van der Waals surface area contributed by atoms with Crippen LogP contribution in [0, 0.1) is 5.92 Å². The summed E-state index contributed by atoms with van der Waals surface area (Å²) in [6, 6.07) is 3.70. The van der Waals surface area contributed by atoms with Crippen LogP contribution in [0.3, 0.4) is 0 Å². The van der Waals surface area contributed by atoms with E-state index in [0.717, 1.165) is 17.3 Å². The third-order valence-electron chi connectivity index (χ3n) is 3.20. The predicted octanol–water partition coefficient (Wildman–Crippen LogP) is 3.75. The first-order valence-corrected chi connectivity index (χ1v) is 6.97. The van der Waals surface area contributed by atoms with Gasteiger partial charge in [0.1, 0.15) is 5.82 Å². The minimum absolute atomic E-state index is 0.127. The lowest BCUT2D eigenvalue weighted by Gasteiger charge is -2.13. The largest absolute Gasteiger partial charge is 0.310 e. The molecule has 1 N–H and O–H groups in total. The van der Waals surface area contributed by atoms with E-state index in [1.54, 1.807) is 6.20 Å². The monoisotopic (exact) mass is 296 g/mol. The highest BCUT2D eigenvalue weighted by atomic mass is 79.9. The van der Waals surface area contributed by atoms with E-state index in [4.69, 9.17) is 0 Å². The Morgan fingerprint density at radius 1 is 1.24 bits per heavy atom. The number of carbonyl (C=O) groups is 1. The first-order valence-electron chi connectivity index (χ1n) is 6.18. The van der Waals surface area contributed by atoms with E-state index < -0.39 is 0 Å². The quantitative estimate of drug-likeness (QED) is 0.845. The van der Waals surface area contributed by atoms with E-state index in [1.165, 1.54) is 25.7 Å². The van der Waals surface area contributed by atoms with Crippen molar-refractivity contribution in [3.8, 4) is 0 Å². The molecule has 1 amide bonds. The molecule has 0 aromatic carbocycles. The second-order valence-corrected chi connectivity index (χ2v) is 5.46. The zero-order valence-corrected chi connectivity index (χ0v) is 11.4. The number of nitrogens with one attached hydrogen (secondary N) is 1. The van der Waals surface area contributed by atoms with Crippen LogP contribution in [0.5, 0.6) is 0 Å². The number of hydrogen-bond donors (Lipinski definition) is 1. The Kier molecular flexibility index (Phi) is 4.54. The SMILES string of the molecule is O=C(Nc1ccc(Br)cn1)C1CCCCCC1. The van der Waals surface area contributed by atoms with Gasteiger partial charge < -0.3 is 5.32 Å². The van der Waals surface area contributed by atoms with E-state index in [9.17, 15) is 4.79 Å². The number of pyridine rings is 1. The second kappa shape index (κ2) is 6.15. The number of amides is 1. The summed E-state index contributed by atoms with van der Waals surface area (Å²) in [4.78, 5) is 16.2. The van der Waals surface area contributed by atoms with Gasteiger partial charge in [-0.2, -0.15) is 0 Å². The molecule has 0 spiro atoms. The molecule has 0 unspecified atom stereocenters. The predicted molar refractivity (Wildman–Crippen MR) is 71.8 cm³/mol. The van der Waals surface area contributed by atoms with Gasteiger partial charge in [0.15, 0.2) is 0 Å². The fourth-order valence-corrected chi connectivity index (χ4v) is 2.45. The van der Waals surface area contributed by atoms with Crippen LogP contribution in [0.4, 0.5) is 5.82 Å². The zero-order valence-electron chi connectivity index (χ0n) is 9.79. The first-order chi connectivity index (χ1) is 8.25. The molecule has 3 nitrogen and oxygen atoms in total. The van der Waals surface area contributed by atoms with Crippen molar-refractivity contribution in [2.75, 3.05) is 5.32 Å². The molecule has 0 bridgehead atoms. The van der Waals surface area contributed by atoms with Gasteiger partial charge in [0.2, 0.25) is 5.91 Å². The Bertz CT molecular complexity index is 370. The lowest BCUT2D eigenvalue weighted by molar-refractivity contribution is -0.120. The van der Waals surface area contributed by atoms with E-state index in [0.29, 0.717) is 5.82 Å². The van der Waals surface area contributed by atoms with Crippen LogP contribution in [-0.4, -0.2) is 10.9 Å². The van der Waals surface area contributed by atoms with Crippen LogP contribution in [0.25, 0.3) is 0 Å². The average molecular weight is 297 g/mol. The summed E-state index contributed by atoms with van der Waals surface area (Å²) in [6.45, 7) is 0. The topological polar surface area (TPSA) is 42.0 Å². The van der Waals surface area contributed by atoms with Crippen molar-refractivity contribution in [3.63, 3.8) is 0 Å². The van der Waals surface area contributed by atoms with Gasteiger partial charge in [-0.15, -0.1) is 0 Å². The smallest absolute Gasteiger partial charge is 0.228 e. The maximum Gasteiger partial charge on any atom is 0.228 e. The van der Waals surface area contributed by atoms with E-state index in [-0.39, 0.29) is 11.8 Å². The third kappa shape index (κ3) is 3.80. The number of aromatic nitrogens is 1. The van der Waals surface area contributed by atoms with Crippen molar-refractivity contribution in [2.24, 2.45) is 5.92 Å². The summed E-state index contributed by atoms with van der Waals surface area (Å²) < 4.78 is 0.921. The molecule has 1 saturated carbocycles. The fraction of sp³-hybridized carbons (Fsp3) is 0.538. The number of nitrogens with zero attached hydrogens (tertiary/aromatic N) is 1. The summed E-state index contributed by atoms with van der Waals surface area (Å²) in [5, 5.41) is 2.90. The van der Waals surface area contributed by atoms with Gasteiger partial charge in [0, 0.05) is 16.6 Å². The maximum atomic E-state index is 12.0. The number of anilines is 1. The normalized spacial score (nSPS) is 17.5. The molecule has 1 aliphatic carbocycles. The van der Waals surface area contributed by atoms with Crippen LogP contribution < -0.4 is 5.32 Å². The van der Waals surface area contributed by atoms with Gasteiger partial charge in [0.05, 0.1) is 0 Å². The Hall–Kier alpha value is -0.900. The molecule has 1 fully saturated rings. The molecule has 1 aromatic rings. The highest BCUT2D eigenvalue weighted by molar-refractivity contribution is 9.10. The van der Waals surface area contributed by atoms with E-state index >= 15 is 0 Å². The molecule has 0 atom stereocenters. The fourth-order valence-electron chi connectivity index (χ4n) is 2.22. The van der Waals surface area contributed by atoms with Gasteiger partial charge in [0.25, 0.3) is 0 Å². The van der Waals surface area contributed by atoms with Crippen molar-refractivity contribution in [3.05, 3.63) is 22.8 Å². The molecule has 1 aromatic heterocycles. The van der Waals surface area contributed by atoms with Crippen LogP contribution in [0.2, 0.25) is 0 Å². The molecular formula is C13H17BrN2O. The molecule has 4 heteroatoms. The summed E-state index contributed by atoms with van der Waals surface area (Å²) in [5.41, 5.74) is 0. The van der Waals surface area contributed by atoms with Crippen molar-refractivity contribution < 1.29 is 4.79 Å².